The van der Waals surface area contributed by atoms with Gasteiger partial charge >= 0.3 is 5.97 Å². The topological polar surface area (TPSA) is 69.4 Å². The van der Waals surface area contributed by atoms with Gasteiger partial charge in [-0.15, -0.1) is 0 Å². The van der Waals surface area contributed by atoms with Crippen LogP contribution in [0.1, 0.15) is 22.8 Å². The van der Waals surface area contributed by atoms with Crippen molar-refractivity contribution in [2.75, 3.05) is 7.11 Å². The first kappa shape index (κ1) is 14.7. The van der Waals surface area contributed by atoms with Crippen molar-refractivity contribution in [2.24, 2.45) is 5.92 Å². The number of nitro benzene ring substituents is 1. The lowest BCUT2D eigenvalue weighted by molar-refractivity contribution is -0.385. The second-order valence-electron chi connectivity index (χ2n) is 4.71. The molecular weight excluding hydrogens is 270 g/mol. The van der Waals surface area contributed by atoms with E-state index >= 15 is 0 Å². The van der Waals surface area contributed by atoms with Crippen LogP contribution in [0.4, 0.5) is 5.69 Å². The van der Waals surface area contributed by atoms with Crippen molar-refractivity contribution < 1.29 is 14.5 Å². The van der Waals surface area contributed by atoms with Crippen LogP contribution < -0.4 is 0 Å². The van der Waals surface area contributed by atoms with E-state index in [1.54, 1.807) is 6.07 Å². The number of esters is 1. The third-order valence-electron chi connectivity index (χ3n) is 3.20. The number of nitrogens with zero attached hydrogens (tertiary/aromatic N) is 1. The highest BCUT2D eigenvalue weighted by atomic mass is 16.6. The van der Waals surface area contributed by atoms with Crippen molar-refractivity contribution in [1.82, 2.24) is 0 Å². The van der Waals surface area contributed by atoms with E-state index in [4.69, 9.17) is 0 Å². The van der Waals surface area contributed by atoms with Gasteiger partial charge in [0, 0.05) is 6.07 Å². The number of carbonyl (C=O) groups is 1. The van der Waals surface area contributed by atoms with Crippen LogP contribution in [-0.4, -0.2) is 18.0 Å². The van der Waals surface area contributed by atoms with Crippen molar-refractivity contribution in [3.63, 3.8) is 0 Å². The zero-order valence-electron chi connectivity index (χ0n) is 11.8. The van der Waals surface area contributed by atoms with Crippen LogP contribution in [-0.2, 0) is 4.74 Å². The Morgan fingerprint density at radius 2 is 2.10 bits per heavy atom. The Bertz CT molecular complexity index is 671. The predicted molar refractivity (Wildman–Crippen MR) is 79.9 cm³/mol. The van der Waals surface area contributed by atoms with Crippen molar-refractivity contribution in [1.29, 1.82) is 0 Å². The van der Waals surface area contributed by atoms with Gasteiger partial charge < -0.3 is 4.74 Å². The third kappa shape index (κ3) is 3.25. The van der Waals surface area contributed by atoms with Crippen LogP contribution in [0.5, 0.6) is 0 Å². The lowest BCUT2D eigenvalue weighted by Crippen LogP contribution is -2.03. The minimum atomic E-state index is -0.594. The molecule has 0 aliphatic heterocycles. The van der Waals surface area contributed by atoms with Gasteiger partial charge in [-0.2, -0.15) is 0 Å². The Morgan fingerprint density at radius 3 is 2.76 bits per heavy atom. The van der Waals surface area contributed by atoms with E-state index < -0.39 is 10.9 Å². The summed E-state index contributed by atoms with van der Waals surface area (Å²) in [5, 5.41) is 11.3. The molecule has 0 heterocycles. The van der Waals surface area contributed by atoms with E-state index in [9.17, 15) is 14.9 Å². The number of methoxy groups -OCH3 is 1. The summed E-state index contributed by atoms with van der Waals surface area (Å²) in [4.78, 5) is 22.3. The first-order valence-corrected chi connectivity index (χ1v) is 6.46. The maximum Gasteiger partial charge on any atom is 0.338 e. The highest BCUT2D eigenvalue weighted by Crippen LogP contribution is 2.29. The molecule has 1 unspecified atom stereocenters. The van der Waals surface area contributed by atoms with Gasteiger partial charge in [0.25, 0.3) is 5.69 Å². The van der Waals surface area contributed by atoms with Crippen LogP contribution in [0.15, 0.2) is 48.6 Å². The molecule has 0 N–H and O–H groups in total. The Balaban J connectivity index is 2.51. The molecule has 1 aliphatic carbocycles. The average molecular weight is 285 g/mol. The van der Waals surface area contributed by atoms with Gasteiger partial charge in [0.1, 0.15) is 0 Å². The molecule has 21 heavy (non-hydrogen) atoms. The lowest BCUT2D eigenvalue weighted by atomic mass is 10.0. The number of carbonyl (C=O) groups excluding carboxylic acids is 1. The number of nitro groups is 1. The molecule has 2 rings (SSSR count). The average Bonchev–Trinajstić information content (AvgIpc) is 2.70. The summed E-state index contributed by atoms with van der Waals surface area (Å²) in [5.41, 5.74) is 1.26. The zero-order valence-corrected chi connectivity index (χ0v) is 11.8. The van der Waals surface area contributed by atoms with E-state index in [-0.39, 0.29) is 17.2 Å². The van der Waals surface area contributed by atoms with E-state index in [1.165, 1.54) is 19.2 Å². The monoisotopic (exact) mass is 285 g/mol. The first-order valence-electron chi connectivity index (χ1n) is 6.46. The van der Waals surface area contributed by atoms with Crippen molar-refractivity contribution >= 4 is 17.2 Å². The van der Waals surface area contributed by atoms with Gasteiger partial charge in [-0.25, -0.2) is 4.79 Å². The first-order chi connectivity index (χ1) is 10.0. The summed E-state index contributed by atoms with van der Waals surface area (Å²) in [7, 11) is 1.24. The van der Waals surface area contributed by atoms with Crippen LogP contribution >= 0.6 is 0 Å². The number of benzene rings is 1. The molecule has 5 heteroatoms. The van der Waals surface area contributed by atoms with E-state index in [1.807, 2.05) is 37.3 Å². The molecule has 1 aliphatic rings. The predicted octanol–water partition coefficient (Wildman–Crippen LogP) is 3.53. The molecule has 1 aromatic rings. The second kappa shape index (κ2) is 6.17. The van der Waals surface area contributed by atoms with Gasteiger partial charge in [0.05, 0.1) is 23.2 Å². The maximum absolute atomic E-state index is 11.5. The normalized spacial score (nSPS) is 17.0. The molecule has 0 bridgehead atoms. The minimum Gasteiger partial charge on any atom is -0.465 e. The smallest absolute Gasteiger partial charge is 0.338 e. The highest BCUT2D eigenvalue weighted by molar-refractivity contribution is 5.92. The molecule has 108 valence electrons. The largest absolute Gasteiger partial charge is 0.465 e. The van der Waals surface area contributed by atoms with Crippen molar-refractivity contribution in [3.8, 4) is 0 Å². The molecule has 0 saturated carbocycles. The molecular formula is C16H15NO4. The molecule has 0 saturated heterocycles. The van der Waals surface area contributed by atoms with E-state index in [2.05, 4.69) is 4.74 Å². The fraction of sp³-hybridized carbons (Fsp3) is 0.188. The fourth-order valence-corrected chi connectivity index (χ4v) is 2.06. The molecule has 0 radical (unpaired) electrons. The molecule has 0 spiro atoms. The Hall–Kier alpha value is -2.69. The summed E-state index contributed by atoms with van der Waals surface area (Å²) in [6.07, 6.45) is 9.51. The lowest BCUT2D eigenvalue weighted by Gasteiger charge is -2.06. The number of hydrogen-bond donors (Lipinski definition) is 0. The number of hydrogen-bond acceptors (Lipinski definition) is 4. The molecule has 0 fully saturated rings. The van der Waals surface area contributed by atoms with Gasteiger partial charge in [-0.05, 0) is 23.6 Å². The summed E-state index contributed by atoms with van der Waals surface area (Å²) in [6, 6.07) is 4.35. The Labute approximate surface area is 122 Å². The molecule has 0 amide bonds. The van der Waals surface area contributed by atoms with Gasteiger partial charge in [-0.3, -0.25) is 10.1 Å². The summed E-state index contributed by atoms with van der Waals surface area (Å²) in [5.74, 6) is -0.323. The van der Waals surface area contributed by atoms with Gasteiger partial charge in [-0.1, -0.05) is 37.3 Å². The zero-order chi connectivity index (χ0) is 15.4. The SMILES string of the molecule is COC(=O)c1ccc(C2=CC=CC(C)C=C2)c([N+](=O)[O-])c1. The van der Waals surface area contributed by atoms with E-state index in [0.717, 1.165) is 5.57 Å². The Kier molecular flexibility index (Phi) is 4.33. The third-order valence-corrected chi connectivity index (χ3v) is 3.20. The number of rotatable bonds is 3. The summed E-state index contributed by atoms with van der Waals surface area (Å²) in [6.45, 7) is 2.03. The maximum atomic E-state index is 11.5. The van der Waals surface area contributed by atoms with Crippen LogP contribution in [0, 0.1) is 16.0 Å². The van der Waals surface area contributed by atoms with Crippen LogP contribution in [0.2, 0.25) is 0 Å². The summed E-state index contributed by atoms with van der Waals surface area (Å²) >= 11 is 0. The van der Waals surface area contributed by atoms with Crippen molar-refractivity contribution in [2.45, 2.75) is 6.92 Å². The molecule has 5 nitrogen and oxygen atoms in total. The fourth-order valence-electron chi connectivity index (χ4n) is 2.06. The molecule has 0 aromatic heterocycles. The molecule has 1 aromatic carbocycles. The van der Waals surface area contributed by atoms with Gasteiger partial charge in [0.2, 0.25) is 0 Å². The standard InChI is InChI=1S/C16H15NO4/c1-11-4-3-5-12(7-6-11)14-9-8-13(16(18)21-2)10-15(14)17(19)20/h3-11H,1-2H3. The molecule has 1 atom stereocenters. The highest BCUT2D eigenvalue weighted by Gasteiger charge is 2.19. The minimum absolute atomic E-state index is 0.114. The second-order valence-corrected chi connectivity index (χ2v) is 4.71. The number of ether oxygens (including phenoxy) is 1. The summed E-state index contributed by atoms with van der Waals surface area (Å²) < 4.78 is 4.59. The quantitative estimate of drug-likeness (QED) is 0.484. The number of allylic oxidation sites excluding steroid dienone is 6. The van der Waals surface area contributed by atoms with Crippen LogP contribution in [0.3, 0.4) is 0 Å². The van der Waals surface area contributed by atoms with E-state index in [0.29, 0.717) is 5.56 Å². The van der Waals surface area contributed by atoms with Crippen molar-refractivity contribution in [3.05, 3.63) is 69.8 Å². The Morgan fingerprint density at radius 1 is 1.33 bits per heavy atom. The van der Waals surface area contributed by atoms with Gasteiger partial charge in [0.15, 0.2) is 0 Å². The van der Waals surface area contributed by atoms with Crippen LogP contribution in [0.25, 0.3) is 5.57 Å².